The van der Waals surface area contributed by atoms with Gasteiger partial charge in [-0.05, 0) is 18.2 Å². The Balaban J connectivity index is 2.10. The molecule has 1 N–H and O–H groups in total. The maximum absolute atomic E-state index is 12.9. The van der Waals surface area contributed by atoms with E-state index in [0.29, 0.717) is 0 Å². The average molecular weight is 261 g/mol. The zero-order chi connectivity index (χ0) is 11.5. The van der Waals surface area contributed by atoms with Gasteiger partial charge in [0.1, 0.15) is 11.0 Å². The number of rotatable bonds is 2. The van der Waals surface area contributed by atoms with E-state index < -0.39 is 5.82 Å². The summed E-state index contributed by atoms with van der Waals surface area (Å²) in [5.74, 6) is 1.02. The lowest BCUT2D eigenvalue weighted by Gasteiger charge is -2.11. The molecule has 1 saturated heterocycles. The molecule has 0 bridgehead atoms. The number of nitrogens with zero attached hydrogens (tertiary/aromatic N) is 1. The zero-order valence-corrected chi connectivity index (χ0v) is 9.95. The van der Waals surface area contributed by atoms with Crippen LogP contribution in [0, 0.1) is 5.82 Å². The molecule has 1 atom stereocenters. The quantitative estimate of drug-likeness (QED) is 0.828. The van der Waals surface area contributed by atoms with Gasteiger partial charge in [0.2, 0.25) is 0 Å². The van der Waals surface area contributed by atoms with Crippen molar-refractivity contribution in [3.63, 3.8) is 0 Å². The monoisotopic (exact) mass is 260 g/mol. The lowest BCUT2D eigenvalue weighted by molar-refractivity contribution is 0.0940. The number of hydrogen-bond donors (Lipinski definition) is 1. The van der Waals surface area contributed by atoms with E-state index in [1.807, 2.05) is 0 Å². The maximum atomic E-state index is 12.9. The van der Waals surface area contributed by atoms with Gasteiger partial charge >= 0.3 is 0 Å². The van der Waals surface area contributed by atoms with Crippen molar-refractivity contribution in [3.8, 4) is 0 Å². The largest absolute Gasteiger partial charge is 0.348 e. The van der Waals surface area contributed by atoms with Crippen LogP contribution in [0.4, 0.5) is 4.39 Å². The number of nitrogens with one attached hydrogen (secondary N) is 1. The highest BCUT2D eigenvalue weighted by molar-refractivity contribution is 7.99. The molecular weight excluding hydrogens is 251 g/mol. The third kappa shape index (κ3) is 2.65. The number of halogens is 2. The Morgan fingerprint density at radius 2 is 2.50 bits per heavy atom. The van der Waals surface area contributed by atoms with Crippen molar-refractivity contribution in [3.05, 3.63) is 28.8 Å². The van der Waals surface area contributed by atoms with E-state index in [1.165, 1.54) is 0 Å². The molecule has 1 amide bonds. The first-order valence-corrected chi connectivity index (χ1v) is 6.40. The van der Waals surface area contributed by atoms with E-state index in [9.17, 15) is 9.18 Å². The van der Waals surface area contributed by atoms with Gasteiger partial charge in [0, 0.05) is 11.8 Å². The van der Waals surface area contributed by atoms with E-state index in [1.54, 1.807) is 11.8 Å². The Labute approximate surface area is 102 Å². The van der Waals surface area contributed by atoms with Gasteiger partial charge in [0.05, 0.1) is 11.8 Å². The van der Waals surface area contributed by atoms with Crippen LogP contribution in [0.15, 0.2) is 12.3 Å². The Morgan fingerprint density at radius 3 is 3.19 bits per heavy atom. The first-order valence-electron chi connectivity index (χ1n) is 4.86. The van der Waals surface area contributed by atoms with Gasteiger partial charge < -0.3 is 5.32 Å². The number of thioether (sulfide) groups is 1. The topological polar surface area (TPSA) is 42.0 Å². The Hall–Kier alpha value is -0.810. The van der Waals surface area contributed by atoms with Crippen molar-refractivity contribution in [2.24, 2.45) is 0 Å². The molecule has 0 aliphatic carbocycles. The summed E-state index contributed by atoms with van der Waals surface area (Å²) >= 11 is 7.52. The summed E-state index contributed by atoms with van der Waals surface area (Å²) in [5.41, 5.74) is 0.0959. The van der Waals surface area contributed by atoms with Crippen LogP contribution in [-0.2, 0) is 0 Å². The maximum Gasteiger partial charge on any atom is 0.254 e. The average Bonchev–Trinajstić information content (AvgIpc) is 2.74. The second-order valence-electron chi connectivity index (χ2n) is 3.53. The first kappa shape index (κ1) is 11.7. The molecule has 0 aromatic carbocycles. The van der Waals surface area contributed by atoms with E-state index >= 15 is 0 Å². The number of aromatic nitrogens is 1. The zero-order valence-electron chi connectivity index (χ0n) is 8.37. The summed E-state index contributed by atoms with van der Waals surface area (Å²) in [6.45, 7) is 0. The molecule has 0 saturated carbocycles. The lowest BCUT2D eigenvalue weighted by atomic mass is 10.2. The fourth-order valence-electron chi connectivity index (χ4n) is 1.49. The number of hydrogen-bond acceptors (Lipinski definition) is 3. The highest BCUT2D eigenvalue weighted by Gasteiger charge is 2.20. The minimum absolute atomic E-state index is 0.0320. The van der Waals surface area contributed by atoms with Crippen molar-refractivity contribution in [2.75, 3.05) is 11.5 Å². The van der Waals surface area contributed by atoms with Crippen molar-refractivity contribution in [1.29, 1.82) is 0 Å². The molecule has 6 heteroatoms. The predicted molar refractivity (Wildman–Crippen MR) is 62.4 cm³/mol. The van der Waals surface area contributed by atoms with E-state index in [4.69, 9.17) is 11.6 Å². The van der Waals surface area contributed by atoms with Gasteiger partial charge in [-0.1, -0.05) is 11.6 Å². The Morgan fingerprint density at radius 1 is 1.69 bits per heavy atom. The summed E-state index contributed by atoms with van der Waals surface area (Å²) in [5, 5.41) is 2.84. The van der Waals surface area contributed by atoms with Crippen LogP contribution in [0.3, 0.4) is 0 Å². The van der Waals surface area contributed by atoms with Crippen LogP contribution in [0.5, 0.6) is 0 Å². The van der Waals surface area contributed by atoms with Gasteiger partial charge in [0.25, 0.3) is 5.91 Å². The fourth-order valence-corrected chi connectivity index (χ4v) is 2.83. The SMILES string of the molecule is O=C(NC1CCSC1)c1cc(F)cnc1Cl. The van der Waals surface area contributed by atoms with Crippen molar-refractivity contribution < 1.29 is 9.18 Å². The molecular formula is C10H10ClFN2OS. The van der Waals surface area contributed by atoms with Crippen LogP contribution in [0.25, 0.3) is 0 Å². The van der Waals surface area contributed by atoms with Gasteiger partial charge in [-0.25, -0.2) is 9.37 Å². The number of carbonyl (C=O) groups is 1. The van der Waals surface area contributed by atoms with Gasteiger partial charge in [0.15, 0.2) is 0 Å². The number of pyridine rings is 1. The van der Waals surface area contributed by atoms with Gasteiger partial charge in [-0.3, -0.25) is 4.79 Å². The summed E-state index contributed by atoms with van der Waals surface area (Å²) in [6.07, 6.45) is 1.93. The van der Waals surface area contributed by atoms with Crippen LogP contribution in [0.1, 0.15) is 16.8 Å². The minimum Gasteiger partial charge on any atom is -0.348 e. The molecule has 0 spiro atoms. The van der Waals surface area contributed by atoms with Crippen molar-refractivity contribution in [2.45, 2.75) is 12.5 Å². The molecule has 2 heterocycles. The molecule has 2 rings (SSSR count). The van der Waals surface area contributed by atoms with Crippen LogP contribution in [-0.4, -0.2) is 28.4 Å². The second kappa shape index (κ2) is 5.01. The molecule has 3 nitrogen and oxygen atoms in total. The first-order chi connectivity index (χ1) is 7.66. The molecule has 86 valence electrons. The lowest BCUT2D eigenvalue weighted by Crippen LogP contribution is -2.34. The summed E-state index contributed by atoms with van der Waals surface area (Å²) in [4.78, 5) is 15.4. The molecule has 1 aromatic heterocycles. The van der Waals surface area contributed by atoms with Gasteiger partial charge in [-0.2, -0.15) is 11.8 Å². The molecule has 0 radical (unpaired) electrons. The predicted octanol–water partition coefficient (Wildman–Crippen LogP) is 2.11. The third-order valence-corrected chi connectivity index (χ3v) is 3.78. The molecule has 1 aliphatic rings. The van der Waals surface area contributed by atoms with E-state index in [0.717, 1.165) is 30.2 Å². The van der Waals surface area contributed by atoms with Gasteiger partial charge in [-0.15, -0.1) is 0 Å². The minimum atomic E-state index is -0.560. The Kier molecular flexibility index (Phi) is 3.66. The third-order valence-electron chi connectivity index (χ3n) is 2.32. The summed E-state index contributed by atoms with van der Waals surface area (Å²) in [6, 6.07) is 1.25. The van der Waals surface area contributed by atoms with Crippen molar-refractivity contribution >= 4 is 29.3 Å². The van der Waals surface area contributed by atoms with E-state index in [-0.39, 0.29) is 22.7 Å². The smallest absolute Gasteiger partial charge is 0.254 e. The molecule has 1 aliphatic heterocycles. The molecule has 1 aromatic rings. The molecule has 1 unspecified atom stereocenters. The fraction of sp³-hybridized carbons (Fsp3) is 0.400. The molecule has 1 fully saturated rings. The highest BCUT2D eigenvalue weighted by Crippen LogP contribution is 2.19. The van der Waals surface area contributed by atoms with Crippen LogP contribution in [0.2, 0.25) is 5.15 Å². The second-order valence-corrected chi connectivity index (χ2v) is 5.03. The Bertz CT molecular complexity index is 410. The highest BCUT2D eigenvalue weighted by atomic mass is 35.5. The molecule has 16 heavy (non-hydrogen) atoms. The number of amides is 1. The number of carbonyl (C=O) groups excluding carboxylic acids is 1. The summed E-state index contributed by atoms with van der Waals surface area (Å²) < 4.78 is 12.9. The van der Waals surface area contributed by atoms with E-state index in [2.05, 4.69) is 10.3 Å². The van der Waals surface area contributed by atoms with Crippen LogP contribution >= 0.6 is 23.4 Å². The van der Waals surface area contributed by atoms with Crippen molar-refractivity contribution in [1.82, 2.24) is 10.3 Å². The standard InChI is InChI=1S/C10H10ClFN2OS/c11-9-8(3-6(12)4-13-9)10(15)14-7-1-2-16-5-7/h3-4,7H,1-2,5H2,(H,14,15). The van der Waals surface area contributed by atoms with Crippen LogP contribution < -0.4 is 5.32 Å². The summed E-state index contributed by atoms with van der Waals surface area (Å²) in [7, 11) is 0. The normalized spacial score (nSPS) is 19.8.